The molecule has 1 aromatic carbocycles. The van der Waals surface area contributed by atoms with Gasteiger partial charge in [-0.05, 0) is 38.2 Å². The Kier molecular flexibility index (Phi) is 4.44. The van der Waals surface area contributed by atoms with Gasteiger partial charge in [0.15, 0.2) is 0 Å². The Balaban J connectivity index is 2.15. The van der Waals surface area contributed by atoms with Crippen LogP contribution in [-0.4, -0.2) is 57.4 Å². The Morgan fingerprint density at radius 3 is 2.21 bits per heavy atom. The molecule has 0 saturated carbocycles. The van der Waals surface area contributed by atoms with Crippen LogP contribution in [0.3, 0.4) is 0 Å². The van der Waals surface area contributed by atoms with Gasteiger partial charge in [-0.15, -0.1) is 0 Å². The number of hydrogen-bond acceptors (Lipinski definition) is 4. The number of nitrogens with zero attached hydrogens (tertiary/aromatic N) is 2. The Bertz CT molecular complexity index is 505. The van der Waals surface area contributed by atoms with Gasteiger partial charge in [0.2, 0.25) is 10.0 Å². The van der Waals surface area contributed by atoms with Crippen LogP contribution >= 0.6 is 0 Å². The monoisotopic (exact) mass is 283 g/mol. The van der Waals surface area contributed by atoms with Crippen LogP contribution in [0.4, 0.5) is 5.69 Å². The number of sulfonamides is 1. The molecule has 1 aromatic rings. The lowest BCUT2D eigenvalue weighted by Gasteiger charge is -2.31. The molecule has 0 bridgehead atoms. The summed E-state index contributed by atoms with van der Waals surface area (Å²) in [4.78, 5) is 2.51. The average molecular weight is 283 g/mol. The Hall–Kier alpha value is -1.11. The molecule has 0 atom stereocenters. The zero-order valence-corrected chi connectivity index (χ0v) is 12.3. The lowest BCUT2D eigenvalue weighted by Crippen LogP contribution is -2.46. The van der Waals surface area contributed by atoms with E-state index in [1.807, 2.05) is 26.1 Å². The number of benzene rings is 1. The van der Waals surface area contributed by atoms with E-state index in [-0.39, 0.29) is 0 Å². The highest BCUT2D eigenvalue weighted by Crippen LogP contribution is 2.19. The third-order valence-electron chi connectivity index (χ3n) is 3.34. The van der Waals surface area contributed by atoms with Crippen LogP contribution in [0.1, 0.15) is 6.92 Å². The highest BCUT2D eigenvalue weighted by Gasteiger charge is 2.27. The molecule has 1 saturated heterocycles. The zero-order valence-electron chi connectivity index (χ0n) is 11.5. The Morgan fingerprint density at radius 2 is 1.68 bits per heavy atom. The van der Waals surface area contributed by atoms with Gasteiger partial charge >= 0.3 is 0 Å². The van der Waals surface area contributed by atoms with Crippen LogP contribution in [0.15, 0.2) is 29.2 Å². The fourth-order valence-corrected chi connectivity index (χ4v) is 3.55. The van der Waals surface area contributed by atoms with E-state index in [1.54, 1.807) is 16.4 Å². The van der Waals surface area contributed by atoms with Crippen molar-refractivity contribution in [3.63, 3.8) is 0 Å². The highest BCUT2D eigenvalue weighted by atomic mass is 32.2. The molecular weight excluding hydrogens is 262 g/mol. The van der Waals surface area contributed by atoms with Crippen molar-refractivity contribution < 1.29 is 8.42 Å². The molecule has 19 heavy (non-hydrogen) atoms. The number of anilines is 1. The van der Waals surface area contributed by atoms with E-state index in [0.717, 1.165) is 25.3 Å². The maximum Gasteiger partial charge on any atom is 0.243 e. The van der Waals surface area contributed by atoms with Gasteiger partial charge < -0.3 is 10.2 Å². The highest BCUT2D eigenvalue weighted by molar-refractivity contribution is 7.89. The molecule has 6 heteroatoms. The van der Waals surface area contributed by atoms with E-state index in [9.17, 15) is 8.42 Å². The second kappa shape index (κ2) is 5.90. The van der Waals surface area contributed by atoms with Crippen LogP contribution < -0.4 is 5.32 Å². The van der Waals surface area contributed by atoms with Gasteiger partial charge in [-0.1, -0.05) is 0 Å². The minimum atomic E-state index is -3.34. The summed E-state index contributed by atoms with van der Waals surface area (Å²) in [6, 6.07) is 6.97. The van der Waals surface area contributed by atoms with E-state index < -0.39 is 10.0 Å². The molecular formula is C13H21N3O2S. The van der Waals surface area contributed by atoms with Crippen molar-refractivity contribution in [2.24, 2.45) is 0 Å². The SMILES string of the molecule is CCNc1ccc(S(=O)(=O)N2CCN(C)CC2)cc1. The summed E-state index contributed by atoms with van der Waals surface area (Å²) in [5.74, 6) is 0. The van der Waals surface area contributed by atoms with Gasteiger partial charge in [-0.25, -0.2) is 8.42 Å². The number of hydrogen-bond donors (Lipinski definition) is 1. The second-order valence-electron chi connectivity index (χ2n) is 4.76. The molecule has 1 aliphatic rings. The topological polar surface area (TPSA) is 52.7 Å². The van der Waals surface area contributed by atoms with Gasteiger partial charge in [0.25, 0.3) is 0 Å². The molecule has 0 amide bonds. The molecule has 1 aliphatic heterocycles. The van der Waals surface area contributed by atoms with Crippen molar-refractivity contribution >= 4 is 15.7 Å². The third kappa shape index (κ3) is 3.26. The van der Waals surface area contributed by atoms with E-state index in [1.165, 1.54) is 0 Å². The minimum absolute atomic E-state index is 0.374. The lowest BCUT2D eigenvalue weighted by molar-refractivity contribution is 0.222. The van der Waals surface area contributed by atoms with E-state index in [4.69, 9.17) is 0 Å². The lowest BCUT2D eigenvalue weighted by atomic mass is 10.3. The quantitative estimate of drug-likeness (QED) is 0.897. The minimum Gasteiger partial charge on any atom is -0.385 e. The molecule has 0 radical (unpaired) electrons. The first-order valence-electron chi connectivity index (χ1n) is 6.56. The standard InChI is InChI=1S/C13H21N3O2S/c1-3-14-12-4-6-13(7-5-12)19(17,18)16-10-8-15(2)9-11-16/h4-7,14H,3,8-11H2,1-2H3. The van der Waals surface area contributed by atoms with Crippen LogP contribution in [-0.2, 0) is 10.0 Å². The van der Waals surface area contributed by atoms with Crippen LogP contribution in [0.5, 0.6) is 0 Å². The van der Waals surface area contributed by atoms with E-state index in [0.29, 0.717) is 18.0 Å². The predicted octanol–water partition coefficient (Wildman–Crippen LogP) is 1.05. The normalized spacial score (nSPS) is 18.4. The summed E-state index contributed by atoms with van der Waals surface area (Å²) in [6.45, 7) is 5.53. The molecule has 2 rings (SSSR count). The first-order valence-corrected chi connectivity index (χ1v) is 8.00. The fraction of sp³-hybridized carbons (Fsp3) is 0.538. The fourth-order valence-electron chi connectivity index (χ4n) is 2.13. The maximum absolute atomic E-state index is 12.5. The van der Waals surface area contributed by atoms with Crippen molar-refractivity contribution in [1.29, 1.82) is 0 Å². The molecule has 1 N–H and O–H groups in total. The molecule has 106 valence electrons. The summed E-state index contributed by atoms with van der Waals surface area (Å²) in [7, 11) is -1.33. The number of rotatable bonds is 4. The summed E-state index contributed by atoms with van der Waals surface area (Å²) in [5, 5.41) is 3.16. The van der Waals surface area contributed by atoms with Crippen LogP contribution in [0.2, 0.25) is 0 Å². The number of piperazine rings is 1. The van der Waals surface area contributed by atoms with E-state index in [2.05, 4.69) is 10.2 Å². The predicted molar refractivity (Wildman–Crippen MR) is 76.9 cm³/mol. The number of likely N-dealkylation sites (N-methyl/N-ethyl adjacent to an activating group) is 1. The molecule has 0 spiro atoms. The summed E-state index contributed by atoms with van der Waals surface area (Å²) in [5.41, 5.74) is 0.944. The van der Waals surface area contributed by atoms with Crippen molar-refractivity contribution in [2.75, 3.05) is 45.1 Å². The van der Waals surface area contributed by atoms with Crippen molar-refractivity contribution in [1.82, 2.24) is 9.21 Å². The van der Waals surface area contributed by atoms with Gasteiger partial charge in [-0.2, -0.15) is 4.31 Å². The molecule has 0 unspecified atom stereocenters. The van der Waals surface area contributed by atoms with Crippen molar-refractivity contribution in [3.05, 3.63) is 24.3 Å². The molecule has 1 heterocycles. The first kappa shape index (κ1) is 14.3. The van der Waals surface area contributed by atoms with E-state index >= 15 is 0 Å². The van der Waals surface area contributed by atoms with Gasteiger partial charge in [0.05, 0.1) is 4.90 Å². The average Bonchev–Trinajstić information content (AvgIpc) is 2.40. The van der Waals surface area contributed by atoms with Gasteiger partial charge in [0, 0.05) is 38.4 Å². The molecule has 1 fully saturated rings. The summed E-state index contributed by atoms with van der Waals surface area (Å²) in [6.07, 6.45) is 0. The van der Waals surface area contributed by atoms with Crippen molar-refractivity contribution in [3.8, 4) is 0 Å². The molecule has 0 aliphatic carbocycles. The Labute approximate surface area is 115 Å². The van der Waals surface area contributed by atoms with Crippen molar-refractivity contribution in [2.45, 2.75) is 11.8 Å². The first-order chi connectivity index (χ1) is 9.04. The summed E-state index contributed by atoms with van der Waals surface area (Å²) < 4.78 is 26.5. The smallest absolute Gasteiger partial charge is 0.243 e. The zero-order chi connectivity index (χ0) is 13.9. The molecule has 5 nitrogen and oxygen atoms in total. The van der Waals surface area contributed by atoms with Crippen LogP contribution in [0, 0.1) is 0 Å². The van der Waals surface area contributed by atoms with Gasteiger partial charge in [-0.3, -0.25) is 0 Å². The third-order valence-corrected chi connectivity index (χ3v) is 5.25. The van der Waals surface area contributed by atoms with Gasteiger partial charge in [0.1, 0.15) is 0 Å². The second-order valence-corrected chi connectivity index (χ2v) is 6.70. The summed E-state index contributed by atoms with van der Waals surface area (Å²) >= 11 is 0. The maximum atomic E-state index is 12.5. The number of nitrogens with one attached hydrogen (secondary N) is 1. The largest absolute Gasteiger partial charge is 0.385 e. The Morgan fingerprint density at radius 1 is 1.11 bits per heavy atom. The molecule has 0 aromatic heterocycles. The van der Waals surface area contributed by atoms with Crippen LogP contribution in [0.25, 0.3) is 0 Å².